The minimum absolute atomic E-state index is 0.0158. The van der Waals surface area contributed by atoms with E-state index >= 15 is 0 Å². The highest BCUT2D eigenvalue weighted by atomic mass is 32.2. The van der Waals surface area contributed by atoms with Crippen LogP contribution in [0.5, 0.6) is 0 Å². The Morgan fingerprint density at radius 2 is 1.77 bits per heavy atom. The van der Waals surface area contributed by atoms with E-state index in [9.17, 15) is 21.6 Å². The van der Waals surface area contributed by atoms with E-state index in [-0.39, 0.29) is 22.4 Å². The average Bonchev–Trinajstić information content (AvgIpc) is 2.57. The fourth-order valence-electron chi connectivity index (χ4n) is 2.23. The van der Waals surface area contributed by atoms with Crippen LogP contribution in [-0.4, -0.2) is 34.5 Å². The second-order valence-electron chi connectivity index (χ2n) is 5.55. The Morgan fingerprint density at radius 1 is 1.23 bits per heavy atom. The molecule has 1 saturated heterocycles. The maximum atomic E-state index is 12.0. The summed E-state index contributed by atoms with van der Waals surface area (Å²) in [7, 11) is -7.34. The van der Waals surface area contributed by atoms with Crippen molar-refractivity contribution in [2.45, 2.75) is 31.7 Å². The van der Waals surface area contributed by atoms with Gasteiger partial charge < -0.3 is 0 Å². The number of hydrogen-bond acceptors (Lipinski definition) is 5. The minimum Gasteiger partial charge on any atom is -0.273 e. The monoisotopic (exact) mass is 346 g/mol. The van der Waals surface area contributed by atoms with E-state index < -0.39 is 31.9 Å². The summed E-state index contributed by atoms with van der Waals surface area (Å²) in [4.78, 5) is 12.0. The van der Waals surface area contributed by atoms with Gasteiger partial charge in [-0.05, 0) is 38.1 Å². The fourth-order valence-corrected chi connectivity index (χ4v) is 5.30. The first kappa shape index (κ1) is 16.9. The van der Waals surface area contributed by atoms with Crippen molar-refractivity contribution in [3.05, 3.63) is 24.3 Å². The number of carbonyl (C=O) groups is 1. The van der Waals surface area contributed by atoms with Crippen LogP contribution in [0.1, 0.15) is 20.8 Å². The summed E-state index contributed by atoms with van der Waals surface area (Å²) >= 11 is 0. The van der Waals surface area contributed by atoms with E-state index in [1.807, 2.05) is 0 Å². The molecule has 0 aromatic heterocycles. The quantitative estimate of drug-likeness (QED) is 0.864. The van der Waals surface area contributed by atoms with Crippen LogP contribution in [0.3, 0.4) is 0 Å². The molecule has 9 heteroatoms. The van der Waals surface area contributed by atoms with Crippen LogP contribution in [0.2, 0.25) is 0 Å². The Hall–Kier alpha value is -1.45. The van der Waals surface area contributed by atoms with Gasteiger partial charge in [-0.1, -0.05) is 6.92 Å². The van der Waals surface area contributed by atoms with Crippen LogP contribution >= 0.6 is 0 Å². The van der Waals surface area contributed by atoms with E-state index in [4.69, 9.17) is 0 Å². The lowest BCUT2D eigenvalue weighted by molar-refractivity contribution is -0.119. The molecule has 1 aromatic rings. The first-order valence-corrected chi connectivity index (χ1v) is 9.83. The van der Waals surface area contributed by atoms with E-state index in [0.717, 1.165) is 4.31 Å². The maximum absolute atomic E-state index is 12.0. The largest absolute Gasteiger partial charge is 0.273 e. The number of hydrogen-bond donors (Lipinski definition) is 1. The summed E-state index contributed by atoms with van der Waals surface area (Å²) in [5.74, 6) is -1.34. The standard InChI is InChI=1S/C13H18N2O5S2/c1-9(2)14-22(19,20)12-6-4-11(5-7-12)15-13(16)10(3)8-21(15,17)18/h4-7,9-10,14H,8H2,1-3H3. The first-order valence-electron chi connectivity index (χ1n) is 6.74. The third-order valence-electron chi connectivity index (χ3n) is 3.13. The molecule has 0 bridgehead atoms. The highest BCUT2D eigenvalue weighted by molar-refractivity contribution is 7.94. The van der Waals surface area contributed by atoms with E-state index in [0.29, 0.717) is 0 Å². The van der Waals surface area contributed by atoms with Crippen molar-refractivity contribution in [3.8, 4) is 0 Å². The van der Waals surface area contributed by atoms with Gasteiger partial charge in [-0.25, -0.2) is 25.9 Å². The summed E-state index contributed by atoms with van der Waals surface area (Å²) in [5.41, 5.74) is 0.151. The number of nitrogens with one attached hydrogen (secondary N) is 1. The van der Waals surface area contributed by atoms with Crippen LogP contribution in [0, 0.1) is 5.92 Å². The lowest BCUT2D eigenvalue weighted by Crippen LogP contribution is -2.31. The molecule has 1 heterocycles. The summed E-state index contributed by atoms with van der Waals surface area (Å²) < 4.78 is 51.2. The fraction of sp³-hybridized carbons (Fsp3) is 0.462. The molecule has 1 N–H and O–H groups in total. The third kappa shape index (κ3) is 3.16. The Kier molecular flexibility index (Phi) is 4.33. The number of nitrogens with zero attached hydrogens (tertiary/aromatic N) is 1. The van der Waals surface area contributed by atoms with Crippen LogP contribution in [-0.2, 0) is 24.8 Å². The van der Waals surface area contributed by atoms with Crippen molar-refractivity contribution >= 4 is 31.6 Å². The highest BCUT2D eigenvalue weighted by Crippen LogP contribution is 2.28. The molecule has 0 saturated carbocycles. The van der Waals surface area contributed by atoms with Gasteiger partial charge in [0.1, 0.15) is 0 Å². The van der Waals surface area contributed by atoms with Gasteiger partial charge in [0.2, 0.25) is 26.0 Å². The lowest BCUT2D eigenvalue weighted by Gasteiger charge is -2.16. The second-order valence-corrected chi connectivity index (χ2v) is 9.13. The normalized spacial score (nSPS) is 21.5. The minimum atomic E-state index is -3.69. The van der Waals surface area contributed by atoms with Gasteiger partial charge in [0.15, 0.2) is 0 Å². The Morgan fingerprint density at radius 3 is 2.18 bits per heavy atom. The van der Waals surface area contributed by atoms with Gasteiger partial charge in [0, 0.05) is 6.04 Å². The van der Waals surface area contributed by atoms with Crippen molar-refractivity contribution in [2.24, 2.45) is 5.92 Å². The smallest absolute Gasteiger partial charge is 0.244 e. The Balaban J connectivity index is 2.36. The molecule has 1 aliphatic rings. The lowest BCUT2D eigenvalue weighted by atomic mass is 10.2. The summed E-state index contributed by atoms with van der Waals surface area (Å²) in [6, 6.07) is 4.95. The predicted octanol–water partition coefficient (Wildman–Crippen LogP) is 0.686. The van der Waals surface area contributed by atoms with E-state index in [2.05, 4.69) is 4.72 Å². The summed E-state index contributed by atoms with van der Waals surface area (Å²) in [6.07, 6.45) is 0. The maximum Gasteiger partial charge on any atom is 0.244 e. The Labute approximate surface area is 130 Å². The van der Waals surface area contributed by atoms with Gasteiger partial charge in [-0.15, -0.1) is 0 Å². The molecule has 1 aliphatic heterocycles. The summed E-state index contributed by atoms with van der Waals surface area (Å²) in [5, 5.41) is 0. The van der Waals surface area contributed by atoms with E-state index in [1.54, 1.807) is 20.8 Å². The zero-order valence-electron chi connectivity index (χ0n) is 12.5. The third-order valence-corrected chi connectivity index (χ3v) is 6.68. The number of benzene rings is 1. The first-order chi connectivity index (χ1) is 10.0. The number of sulfonamides is 2. The molecule has 0 spiro atoms. The van der Waals surface area contributed by atoms with Gasteiger partial charge in [0.25, 0.3) is 0 Å². The molecule has 1 amide bonds. The second kappa shape index (κ2) is 5.64. The SMILES string of the molecule is CC(C)NS(=O)(=O)c1ccc(N2C(=O)C(C)CS2(=O)=O)cc1. The molecule has 1 aromatic carbocycles. The van der Waals surface area contributed by atoms with Crippen LogP contribution in [0.15, 0.2) is 29.2 Å². The van der Waals surface area contributed by atoms with Crippen LogP contribution < -0.4 is 9.03 Å². The molecule has 1 atom stereocenters. The van der Waals surface area contributed by atoms with E-state index in [1.165, 1.54) is 24.3 Å². The molecule has 122 valence electrons. The average molecular weight is 346 g/mol. The topological polar surface area (TPSA) is 101 Å². The summed E-state index contributed by atoms with van der Waals surface area (Å²) in [6.45, 7) is 4.94. The molecule has 0 radical (unpaired) electrons. The number of rotatable bonds is 4. The molecular formula is C13H18N2O5S2. The van der Waals surface area contributed by atoms with Crippen molar-refractivity contribution in [2.75, 3.05) is 10.1 Å². The molecular weight excluding hydrogens is 328 g/mol. The molecule has 0 aliphatic carbocycles. The molecule has 22 heavy (non-hydrogen) atoms. The Bertz CT molecular complexity index is 782. The number of carbonyl (C=O) groups excluding carboxylic acids is 1. The van der Waals surface area contributed by atoms with Gasteiger partial charge in [-0.2, -0.15) is 0 Å². The van der Waals surface area contributed by atoms with Gasteiger partial charge in [-0.3, -0.25) is 4.79 Å². The van der Waals surface area contributed by atoms with Crippen LogP contribution in [0.4, 0.5) is 5.69 Å². The molecule has 7 nitrogen and oxygen atoms in total. The molecule has 2 rings (SSSR count). The van der Waals surface area contributed by atoms with Gasteiger partial charge >= 0.3 is 0 Å². The van der Waals surface area contributed by atoms with Crippen molar-refractivity contribution < 1.29 is 21.6 Å². The molecule has 1 unspecified atom stereocenters. The van der Waals surface area contributed by atoms with Crippen molar-refractivity contribution in [1.82, 2.24) is 4.72 Å². The van der Waals surface area contributed by atoms with Gasteiger partial charge in [0.05, 0.1) is 22.3 Å². The predicted molar refractivity (Wildman–Crippen MR) is 82.3 cm³/mol. The zero-order valence-corrected chi connectivity index (χ0v) is 14.1. The van der Waals surface area contributed by atoms with Crippen molar-refractivity contribution in [3.63, 3.8) is 0 Å². The zero-order chi connectivity index (χ0) is 16.7. The number of anilines is 1. The van der Waals surface area contributed by atoms with Crippen LogP contribution in [0.25, 0.3) is 0 Å². The molecule has 1 fully saturated rings. The number of amides is 1. The highest BCUT2D eigenvalue weighted by Gasteiger charge is 2.41. The van der Waals surface area contributed by atoms with Crippen molar-refractivity contribution in [1.29, 1.82) is 0 Å².